The van der Waals surface area contributed by atoms with Gasteiger partial charge in [0.2, 0.25) is 5.89 Å². The Balaban J connectivity index is 1.58. The van der Waals surface area contributed by atoms with E-state index in [-0.39, 0.29) is 0 Å². The molecule has 3 rings (SSSR count). The summed E-state index contributed by atoms with van der Waals surface area (Å²) in [7, 11) is 0. The number of piperidine rings is 1. The summed E-state index contributed by atoms with van der Waals surface area (Å²) in [6.07, 6.45) is 3.39. The van der Waals surface area contributed by atoms with Crippen molar-refractivity contribution >= 4 is 23.5 Å². The molecule has 4 nitrogen and oxygen atoms in total. The van der Waals surface area contributed by atoms with E-state index in [9.17, 15) is 0 Å². The number of hydrogen-bond donors (Lipinski definition) is 1. The van der Waals surface area contributed by atoms with Gasteiger partial charge >= 0.3 is 0 Å². The topological polar surface area (TPSA) is 51.0 Å². The highest BCUT2D eigenvalue weighted by Gasteiger charge is 2.30. The number of hydrogen-bond acceptors (Lipinski definition) is 6. The number of rotatable bonds is 3. The highest BCUT2D eigenvalue weighted by Crippen LogP contribution is 2.43. The fraction of sp³-hybridized carbons (Fsp3) is 0.857. The molecule has 1 N–H and O–H groups in total. The summed E-state index contributed by atoms with van der Waals surface area (Å²) in [5.41, 5.74) is 0. The van der Waals surface area contributed by atoms with Gasteiger partial charge in [-0.15, -0.1) is 11.8 Å². The Morgan fingerprint density at radius 2 is 2.05 bits per heavy atom. The zero-order chi connectivity index (χ0) is 13.9. The summed E-state index contributed by atoms with van der Waals surface area (Å²) in [5.74, 6) is 3.55. The molecule has 3 unspecified atom stereocenters. The van der Waals surface area contributed by atoms with Crippen LogP contribution >= 0.6 is 23.5 Å². The SMILES string of the molecule is CC1SCC(c2noc(CC3CCNCC3)n2)SC1C. The molecule has 112 valence electrons. The lowest BCUT2D eigenvalue weighted by Gasteiger charge is -2.29. The van der Waals surface area contributed by atoms with E-state index in [1.54, 1.807) is 0 Å². The van der Waals surface area contributed by atoms with Crippen LogP contribution in [0.3, 0.4) is 0 Å². The Morgan fingerprint density at radius 1 is 1.25 bits per heavy atom. The van der Waals surface area contributed by atoms with Crippen LogP contribution in [0.5, 0.6) is 0 Å². The third-order valence-electron chi connectivity index (χ3n) is 4.24. The lowest BCUT2D eigenvalue weighted by Crippen LogP contribution is -2.28. The van der Waals surface area contributed by atoms with Gasteiger partial charge in [-0.3, -0.25) is 0 Å². The molecular weight excluding hydrogens is 290 g/mol. The van der Waals surface area contributed by atoms with Gasteiger partial charge in [-0.2, -0.15) is 16.7 Å². The van der Waals surface area contributed by atoms with Crippen LogP contribution in [0.2, 0.25) is 0 Å². The molecule has 20 heavy (non-hydrogen) atoms. The zero-order valence-electron chi connectivity index (χ0n) is 12.2. The Kier molecular flexibility index (Phi) is 4.94. The summed E-state index contributed by atoms with van der Waals surface area (Å²) in [4.78, 5) is 4.66. The largest absolute Gasteiger partial charge is 0.339 e. The number of aromatic nitrogens is 2. The van der Waals surface area contributed by atoms with Gasteiger partial charge in [0.25, 0.3) is 0 Å². The van der Waals surface area contributed by atoms with Crippen LogP contribution in [0.15, 0.2) is 4.52 Å². The number of thioether (sulfide) groups is 2. The molecule has 3 heterocycles. The molecular formula is C14H23N3OS2. The molecule has 2 saturated heterocycles. The maximum absolute atomic E-state index is 5.48. The Morgan fingerprint density at radius 3 is 2.80 bits per heavy atom. The summed E-state index contributed by atoms with van der Waals surface area (Å²) in [6, 6.07) is 0. The van der Waals surface area contributed by atoms with E-state index in [2.05, 4.69) is 29.3 Å². The third kappa shape index (κ3) is 3.52. The molecule has 0 aliphatic carbocycles. The summed E-state index contributed by atoms with van der Waals surface area (Å²) in [5, 5.41) is 9.40. The van der Waals surface area contributed by atoms with E-state index >= 15 is 0 Å². The molecule has 1 aromatic rings. The van der Waals surface area contributed by atoms with Crippen molar-refractivity contribution < 1.29 is 4.52 Å². The van der Waals surface area contributed by atoms with E-state index in [0.717, 1.165) is 42.2 Å². The minimum absolute atomic E-state index is 0.400. The lowest BCUT2D eigenvalue weighted by molar-refractivity contribution is 0.312. The van der Waals surface area contributed by atoms with Gasteiger partial charge in [0.15, 0.2) is 5.82 Å². The number of nitrogens with zero attached hydrogens (tertiary/aromatic N) is 2. The van der Waals surface area contributed by atoms with Crippen molar-refractivity contribution in [1.29, 1.82) is 0 Å². The average molecular weight is 313 g/mol. The van der Waals surface area contributed by atoms with Crippen molar-refractivity contribution in [3.05, 3.63) is 11.7 Å². The average Bonchev–Trinajstić information content (AvgIpc) is 2.91. The Labute approximate surface area is 129 Å². The predicted octanol–water partition coefficient (Wildman–Crippen LogP) is 2.91. The van der Waals surface area contributed by atoms with E-state index in [1.807, 2.05) is 23.5 Å². The van der Waals surface area contributed by atoms with Crippen LogP contribution in [-0.2, 0) is 6.42 Å². The quantitative estimate of drug-likeness (QED) is 0.926. The molecule has 1 aromatic heterocycles. The van der Waals surface area contributed by atoms with Crippen LogP contribution in [0.4, 0.5) is 0 Å². The van der Waals surface area contributed by atoms with Gasteiger partial charge in [-0.25, -0.2) is 0 Å². The van der Waals surface area contributed by atoms with E-state index in [1.165, 1.54) is 12.8 Å². The van der Waals surface area contributed by atoms with Crippen LogP contribution in [0.25, 0.3) is 0 Å². The van der Waals surface area contributed by atoms with Crippen molar-refractivity contribution in [3.63, 3.8) is 0 Å². The van der Waals surface area contributed by atoms with E-state index in [0.29, 0.717) is 16.4 Å². The van der Waals surface area contributed by atoms with Crippen LogP contribution in [-0.4, -0.2) is 39.5 Å². The van der Waals surface area contributed by atoms with Gasteiger partial charge in [-0.05, 0) is 31.8 Å². The second kappa shape index (κ2) is 6.71. The molecule has 0 spiro atoms. The summed E-state index contributed by atoms with van der Waals surface area (Å²) < 4.78 is 5.48. The van der Waals surface area contributed by atoms with Gasteiger partial charge < -0.3 is 9.84 Å². The smallest absolute Gasteiger partial charge is 0.226 e. The van der Waals surface area contributed by atoms with Crippen molar-refractivity contribution in [2.45, 2.75) is 48.9 Å². The molecule has 6 heteroatoms. The highest BCUT2D eigenvalue weighted by molar-refractivity contribution is 8.07. The number of nitrogens with one attached hydrogen (secondary N) is 1. The minimum Gasteiger partial charge on any atom is -0.339 e. The molecule has 3 atom stereocenters. The zero-order valence-corrected chi connectivity index (χ0v) is 13.8. The fourth-order valence-corrected chi connectivity index (χ4v) is 5.57. The summed E-state index contributed by atoms with van der Waals surface area (Å²) in [6.45, 7) is 6.84. The lowest BCUT2D eigenvalue weighted by atomic mass is 9.95. The van der Waals surface area contributed by atoms with Gasteiger partial charge in [0, 0.05) is 22.7 Å². The first kappa shape index (κ1) is 14.7. The van der Waals surface area contributed by atoms with Crippen molar-refractivity contribution in [2.75, 3.05) is 18.8 Å². The molecule has 2 aliphatic rings. The van der Waals surface area contributed by atoms with Crippen molar-refractivity contribution in [2.24, 2.45) is 5.92 Å². The molecule has 0 aromatic carbocycles. The Hall–Kier alpha value is -0.200. The Bertz CT molecular complexity index is 434. The van der Waals surface area contributed by atoms with Crippen LogP contribution in [0, 0.1) is 5.92 Å². The van der Waals surface area contributed by atoms with Crippen molar-refractivity contribution in [3.8, 4) is 0 Å². The van der Waals surface area contributed by atoms with Crippen LogP contribution in [0.1, 0.15) is 43.7 Å². The van der Waals surface area contributed by atoms with Crippen LogP contribution < -0.4 is 5.32 Å². The molecule has 0 radical (unpaired) electrons. The standard InChI is InChI=1S/C14H23N3OS2/c1-9-10(2)20-12(8-19-9)14-16-13(18-17-14)7-11-3-5-15-6-4-11/h9-12,15H,3-8H2,1-2H3. The fourth-order valence-electron chi connectivity index (χ4n) is 2.73. The molecule has 0 amide bonds. The second-order valence-electron chi connectivity index (χ2n) is 5.81. The molecule has 0 saturated carbocycles. The first-order chi connectivity index (χ1) is 9.72. The first-order valence-electron chi connectivity index (χ1n) is 7.52. The normalized spacial score (nSPS) is 32.4. The van der Waals surface area contributed by atoms with Crippen molar-refractivity contribution in [1.82, 2.24) is 15.5 Å². The second-order valence-corrected chi connectivity index (χ2v) is 8.81. The van der Waals surface area contributed by atoms with Gasteiger partial charge in [0.05, 0.1) is 5.25 Å². The maximum atomic E-state index is 5.48. The maximum Gasteiger partial charge on any atom is 0.226 e. The van der Waals surface area contributed by atoms with Gasteiger partial charge in [-0.1, -0.05) is 19.0 Å². The highest BCUT2D eigenvalue weighted by atomic mass is 32.2. The molecule has 0 bridgehead atoms. The minimum atomic E-state index is 0.400. The third-order valence-corrected chi connectivity index (χ3v) is 7.63. The molecule has 2 fully saturated rings. The first-order valence-corrected chi connectivity index (χ1v) is 9.52. The van der Waals surface area contributed by atoms with Gasteiger partial charge in [0.1, 0.15) is 0 Å². The predicted molar refractivity (Wildman–Crippen MR) is 85.3 cm³/mol. The monoisotopic (exact) mass is 313 g/mol. The van der Waals surface area contributed by atoms with E-state index < -0.39 is 0 Å². The molecule has 2 aliphatic heterocycles. The van der Waals surface area contributed by atoms with E-state index in [4.69, 9.17) is 4.52 Å². The summed E-state index contributed by atoms with van der Waals surface area (Å²) >= 11 is 4.01.